The number of hydrogen-bond acceptors (Lipinski definition) is 3. The van der Waals surface area contributed by atoms with Crippen LogP contribution in [0.3, 0.4) is 0 Å². The quantitative estimate of drug-likeness (QED) is 0.809. The zero-order valence-electron chi connectivity index (χ0n) is 11.3. The Labute approximate surface area is 118 Å². The lowest BCUT2D eigenvalue weighted by Crippen LogP contribution is -2.11. The van der Waals surface area contributed by atoms with Crippen LogP contribution in [0.2, 0.25) is 0 Å². The Hall–Kier alpha value is -1.45. The second-order valence-electron chi connectivity index (χ2n) is 4.54. The van der Waals surface area contributed by atoms with Gasteiger partial charge in [0.05, 0.1) is 0 Å². The van der Waals surface area contributed by atoms with Gasteiger partial charge in [0, 0.05) is 16.7 Å². The summed E-state index contributed by atoms with van der Waals surface area (Å²) in [7, 11) is 1.97. The van der Waals surface area contributed by atoms with E-state index in [1.165, 1.54) is 16.0 Å². The van der Waals surface area contributed by atoms with Crippen LogP contribution in [0.5, 0.6) is 5.75 Å². The maximum atomic E-state index is 9.25. The number of benzene rings is 2. The van der Waals surface area contributed by atoms with Gasteiger partial charge < -0.3 is 10.4 Å². The van der Waals surface area contributed by atoms with Crippen LogP contribution in [0.15, 0.2) is 53.4 Å². The molecule has 0 aliphatic heterocycles. The number of hydrogen-bond donors (Lipinski definition) is 2. The molecule has 100 valence electrons. The Balaban J connectivity index is 2.01. The summed E-state index contributed by atoms with van der Waals surface area (Å²) in [5.74, 6) is 1.23. The van der Waals surface area contributed by atoms with Crippen LogP contribution in [-0.2, 0) is 5.75 Å². The topological polar surface area (TPSA) is 32.3 Å². The van der Waals surface area contributed by atoms with E-state index < -0.39 is 0 Å². The number of phenolic OH excluding ortho intramolecular Hbond substituents is 1. The molecule has 1 unspecified atom stereocenters. The first-order valence-corrected chi connectivity index (χ1v) is 7.35. The van der Waals surface area contributed by atoms with Gasteiger partial charge in [-0.3, -0.25) is 0 Å². The lowest BCUT2D eigenvalue weighted by atomic mass is 10.1. The molecule has 0 amide bonds. The molecule has 0 fully saturated rings. The van der Waals surface area contributed by atoms with Crippen molar-refractivity contribution in [3.63, 3.8) is 0 Å². The maximum absolute atomic E-state index is 9.25. The average molecular weight is 273 g/mol. The molecule has 0 aromatic heterocycles. The number of aromatic hydroxyl groups is 1. The van der Waals surface area contributed by atoms with E-state index in [0.29, 0.717) is 11.8 Å². The van der Waals surface area contributed by atoms with Crippen molar-refractivity contribution in [2.45, 2.75) is 23.6 Å². The van der Waals surface area contributed by atoms with Gasteiger partial charge in [0.15, 0.2) is 0 Å². The third kappa shape index (κ3) is 4.01. The van der Waals surface area contributed by atoms with E-state index in [4.69, 9.17) is 0 Å². The Morgan fingerprint density at radius 3 is 2.58 bits per heavy atom. The van der Waals surface area contributed by atoms with E-state index in [9.17, 15) is 5.11 Å². The van der Waals surface area contributed by atoms with Gasteiger partial charge in [-0.15, -0.1) is 11.8 Å². The third-order valence-electron chi connectivity index (χ3n) is 3.13. The van der Waals surface area contributed by atoms with Gasteiger partial charge in [-0.25, -0.2) is 0 Å². The first-order valence-electron chi connectivity index (χ1n) is 6.37. The molecule has 0 spiro atoms. The summed E-state index contributed by atoms with van der Waals surface area (Å²) in [4.78, 5) is 1.27. The Morgan fingerprint density at radius 2 is 1.89 bits per heavy atom. The highest BCUT2D eigenvalue weighted by Gasteiger charge is 2.03. The molecule has 0 radical (unpaired) electrons. The molecule has 0 aliphatic rings. The molecule has 3 heteroatoms. The van der Waals surface area contributed by atoms with Gasteiger partial charge in [-0.1, -0.05) is 24.3 Å². The summed E-state index contributed by atoms with van der Waals surface area (Å²) in [5, 5.41) is 12.5. The first-order chi connectivity index (χ1) is 9.19. The maximum Gasteiger partial charge on any atom is 0.115 e. The minimum absolute atomic E-state index is 0.318. The summed E-state index contributed by atoms with van der Waals surface area (Å²) in [6.45, 7) is 2.16. The summed E-state index contributed by atoms with van der Waals surface area (Å²) < 4.78 is 0. The summed E-state index contributed by atoms with van der Waals surface area (Å²) >= 11 is 1.81. The van der Waals surface area contributed by atoms with E-state index in [-0.39, 0.29) is 0 Å². The zero-order valence-corrected chi connectivity index (χ0v) is 12.1. The minimum Gasteiger partial charge on any atom is -0.508 e. The zero-order chi connectivity index (χ0) is 13.7. The SMILES string of the molecule is CNC(C)c1cccc(SCc2ccc(O)cc2)c1. The highest BCUT2D eigenvalue weighted by atomic mass is 32.2. The van der Waals surface area contributed by atoms with E-state index in [1.54, 1.807) is 12.1 Å². The Bertz CT molecular complexity index is 525. The van der Waals surface area contributed by atoms with Gasteiger partial charge in [0.25, 0.3) is 0 Å². The summed E-state index contributed by atoms with van der Waals surface area (Å²) in [6, 6.07) is 16.4. The molecule has 2 N–H and O–H groups in total. The van der Waals surface area contributed by atoms with E-state index in [1.807, 2.05) is 30.9 Å². The Morgan fingerprint density at radius 1 is 1.16 bits per heavy atom. The molecule has 19 heavy (non-hydrogen) atoms. The molecule has 2 aromatic rings. The fourth-order valence-corrected chi connectivity index (χ4v) is 2.72. The fraction of sp³-hybridized carbons (Fsp3) is 0.250. The van der Waals surface area contributed by atoms with Crippen molar-refractivity contribution < 1.29 is 5.11 Å². The highest BCUT2D eigenvalue weighted by Crippen LogP contribution is 2.26. The van der Waals surface area contributed by atoms with Crippen LogP contribution in [0.4, 0.5) is 0 Å². The lowest BCUT2D eigenvalue weighted by molar-refractivity contribution is 0.475. The molecular formula is C16H19NOS. The fourth-order valence-electron chi connectivity index (χ4n) is 1.80. The number of thioether (sulfide) groups is 1. The van der Waals surface area contributed by atoms with Crippen molar-refractivity contribution >= 4 is 11.8 Å². The first kappa shape index (κ1) is 14.0. The van der Waals surface area contributed by atoms with Crippen LogP contribution in [0.25, 0.3) is 0 Å². The van der Waals surface area contributed by atoms with Crippen LogP contribution >= 0.6 is 11.8 Å². The highest BCUT2D eigenvalue weighted by molar-refractivity contribution is 7.98. The molecule has 0 aliphatic carbocycles. The average Bonchev–Trinajstić information content (AvgIpc) is 2.46. The van der Waals surface area contributed by atoms with Crippen molar-refractivity contribution in [1.29, 1.82) is 0 Å². The summed E-state index contributed by atoms with van der Waals surface area (Å²) in [6.07, 6.45) is 0. The smallest absolute Gasteiger partial charge is 0.115 e. The molecule has 2 nitrogen and oxygen atoms in total. The van der Waals surface area contributed by atoms with Gasteiger partial charge in [-0.05, 0) is 49.4 Å². The van der Waals surface area contributed by atoms with Crippen molar-refractivity contribution in [3.8, 4) is 5.75 Å². The Kier molecular flexibility index (Phi) is 4.88. The summed E-state index contributed by atoms with van der Waals surface area (Å²) in [5.41, 5.74) is 2.52. The van der Waals surface area contributed by atoms with E-state index in [0.717, 1.165) is 5.75 Å². The second-order valence-corrected chi connectivity index (χ2v) is 5.59. The van der Waals surface area contributed by atoms with Crippen molar-refractivity contribution in [2.75, 3.05) is 7.05 Å². The predicted molar refractivity (Wildman–Crippen MR) is 81.6 cm³/mol. The molecule has 0 saturated carbocycles. The molecule has 0 bridgehead atoms. The van der Waals surface area contributed by atoms with Crippen LogP contribution < -0.4 is 5.32 Å². The molecular weight excluding hydrogens is 254 g/mol. The van der Waals surface area contributed by atoms with Crippen molar-refractivity contribution in [1.82, 2.24) is 5.32 Å². The molecule has 0 saturated heterocycles. The van der Waals surface area contributed by atoms with Gasteiger partial charge in [0.1, 0.15) is 5.75 Å². The molecule has 1 atom stereocenters. The molecule has 2 rings (SSSR count). The van der Waals surface area contributed by atoms with Crippen LogP contribution in [0.1, 0.15) is 24.1 Å². The molecule has 2 aromatic carbocycles. The minimum atomic E-state index is 0.318. The van der Waals surface area contributed by atoms with Gasteiger partial charge in [0.2, 0.25) is 0 Å². The lowest BCUT2D eigenvalue weighted by Gasteiger charge is -2.11. The number of rotatable bonds is 5. The number of phenols is 1. The second kappa shape index (κ2) is 6.64. The van der Waals surface area contributed by atoms with E-state index >= 15 is 0 Å². The van der Waals surface area contributed by atoms with Gasteiger partial charge in [-0.2, -0.15) is 0 Å². The van der Waals surface area contributed by atoms with E-state index in [2.05, 4.69) is 36.5 Å². The van der Waals surface area contributed by atoms with Crippen molar-refractivity contribution in [2.24, 2.45) is 0 Å². The monoisotopic (exact) mass is 273 g/mol. The van der Waals surface area contributed by atoms with Crippen molar-refractivity contribution in [3.05, 3.63) is 59.7 Å². The molecule has 0 heterocycles. The largest absolute Gasteiger partial charge is 0.508 e. The number of nitrogens with one attached hydrogen (secondary N) is 1. The van der Waals surface area contributed by atoms with Crippen LogP contribution in [0, 0.1) is 0 Å². The normalized spacial score (nSPS) is 12.3. The predicted octanol–water partition coefficient (Wildman–Crippen LogP) is 3.96. The van der Waals surface area contributed by atoms with Crippen LogP contribution in [-0.4, -0.2) is 12.2 Å². The standard InChI is InChI=1S/C16H19NOS/c1-12(17-2)14-4-3-5-16(10-14)19-11-13-6-8-15(18)9-7-13/h3-10,12,17-18H,11H2,1-2H3. The third-order valence-corrected chi connectivity index (χ3v) is 4.20. The van der Waals surface area contributed by atoms with Gasteiger partial charge >= 0.3 is 0 Å².